The second kappa shape index (κ2) is 3.99. The van der Waals surface area contributed by atoms with Crippen LogP contribution in [0.2, 0.25) is 0 Å². The standard InChI is InChI=1S/C13H16N4/c14-6-11-7-16-12(8-15-11)17-9-13(4-1-5-13)10-2-3-10/h7-8,10H,1-5,9H2,(H,16,17). The van der Waals surface area contributed by atoms with E-state index >= 15 is 0 Å². The minimum atomic E-state index is 0.371. The minimum Gasteiger partial charge on any atom is -0.368 e. The average Bonchev–Trinajstić information content (AvgIpc) is 3.13. The number of rotatable bonds is 4. The van der Waals surface area contributed by atoms with E-state index in [1.165, 1.54) is 38.3 Å². The Morgan fingerprint density at radius 2 is 2.18 bits per heavy atom. The van der Waals surface area contributed by atoms with Crippen LogP contribution in [0.3, 0.4) is 0 Å². The highest BCUT2D eigenvalue weighted by molar-refractivity contribution is 5.33. The summed E-state index contributed by atoms with van der Waals surface area (Å²) in [5, 5.41) is 12.0. The van der Waals surface area contributed by atoms with Crippen LogP contribution >= 0.6 is 0 Å². The smallest absolute Gasteiger partial charge is 0.158 e. The number of nitriles is 1. The zero-order valence-corrected chi connectivity index (χ0v) is 9.82. The fourth-order valence-corrected chi connectivity index (χ4v) is 2.80. The highest BCUT2D eigenvalue weighted by Crippen LogP contribution is 2.56. The van der Waals surface area contributed by atoms with E-state index in [9.17, 15) is 0 Å². The summed E-state index contributed by atoms with van der Waals surface area (Å²) >= 11 is 0. The van der Waals surface area contributed by atoms with Crippen molar-refractivity contribution in [2.24, 2.45) is 11.3 Å². The molecule has 1 aromatic rings. The minimum absolute atomic E-state index is 0.371. The van der Waals surface area contributed by atoms with Crippen molar-refractivity contribution in [2.45, 2.75) is 32.1 Å². The van der Waals surface area contributed by atoms with Crippen molar-refractivity contribution < 1.29 is 0 Å². The molecule has 0 saturated heterocycles. The van der Waals surface area contributed by atoms with Gasteiger partial charge in [0.25, 0.3) is 0 Å². The van der Waals surface area contributed by atoms with Crippen LogP contribution in [0, 0.1) is 22.7 Å². The molecule has 2 fully saturated rings. The molecule has 0 aliphatic heterocycles. The highest BCUT2D eigenvalue weighted by atomic mass is 15.0. The molecule has 0 atom stereocenters. The first kappa shape index (κ1) is 10.5. The van der Waals surface area contributed by atoms with Gasteiger partial charge in [0.05, 0.1) is 12.4 Å². The zero-order valence-electron chi connectivity index (χ0n) is 9.82. The lowest BCUT2D eigenvalue weighted by Gasteiger charge is -2.42. The molecular weight excluding hydrogens is 212 g/mol. The molecule has 3 rings (SSSR count). The van der Waals surface area contributed by atoms with Gasteiger partial charge in [-0.3, -0.25) is 0 Å². The maximum atomic E-state index is 8.64. The first-order valence-corrected chi connectivity index (χ1v) is 6.28. The Hall–Kier alpha value is -1.63. The third-order valence-electron chi connectivity index (χ3n) is 4.18. The van der Waals surface area contributed by atoms with E-state index in [1.54, 1.807) is 6.20 Å². The van der Waals surface area contributed by atoms with E-state index in [0.717, 1.165) is 18.3 Å². The third-order valence-corrected chi connectivity index (χ3v) is 4.18. The summed E-state index contributed by atoms with van der Waals surface area (Å²) in [6.45, 7) is 1.01. The van der Waals surface area contributed by atoms with Gasteiger partial charge in [0.15, 0.2) is 5.69 Å². The lowest BCUT2D eigenvalue weighted by molar-refractivity contribution is 0.118. The molecule has 17 heavy (non-hydrogen) atoms. The van der Waals surface area contributed by atoms with Gasteiger partial charge in [0.2, 0.25) is 0 Å². The Labute approximate surface area is 101 Å². The van der Waals surface area contributed by atoms with Crippen molar-refractivity contribution in [2.75, 3.05) is 11.9 Å². The van der Waals surface area contributed by atoms with Crippen molar-refractivity contribution in [1.82, 2.24) is 9.97 Å². The van der Waals surface area contributed by atoms with Crippen LogP contribution < -0.4 is 5.32 Å². The predicted octanol–water partition coefficient (Wildman–Crippen LogP) is 2.34. The van der Waals surface area contributed by atoms with Crippen molar-refractivity contribution in [3.8, 4) is 6.07 Å². The van der Waals surface area contributed by atoms with Gasteiger partial charge >= 0.3 is 0 Å². The number of nitrogens with one attached hydrogen (secondary N) is 1. The van der Waals surface area contributed by atoms with E-state index in [1.807, 2.05) is 6.07 Å². The Balaban J connectivity index is 1.61. The fraction of sp³-hybridized carbons (Fsp3) is 0.615. The second-order valence-corrected chi connectivity index (χ2v) is 5.24. The zero-order chi connectivity index (χ0) is 11.7. The molecule has 0 radical (unpaired) electrons. The molecule has 0 aromatic carbocycles. The van der Waals surface area contributed by atoms with Crippen LogP contribution in [0.5, 0.6) is 0 Å². The van der Waals surface area contributed by atoms with Crippen molar-refractivity contribution in [3.05, 3.63) is 18.1 Å². The van der Waals surface area contributed by atoms with Gasteiger partial charge in [-0.25, -0.2) is 9.97 Å². The molecule has 0 spiro atoms. The van der Waals surface area contributed by atoms with Crippen molar-refractivity contribution in [1.29, 1.82) is 5.26 Å². The molecule has 1 aromatic heterocycles. The molecule has 2 aliphatic rings. The monoisotopic (exact) mass is 228 g/mol. The van der Waals surface area contributed by atoms with Crippen LogP contribution in [-0.2, 0) is 0 Å². The van der Waals surface area contributed by atoms with Crippen LogP contribution in [0.1, 0.15) is 37.8 Å². The molecule has 0 amide bonds. The van der Waals surface area contributed by atoms with Gasteiger partial charge in [-0.2, -0.15) is 5.26 Å². The highest BCUT2D eigenvalue weighted by Gasteiger charge is 2.48. The summed E-state index contributed by atoms with van der Waals surface area (Å²) in [4.78, 5) is 8.21. The van der Waals surface area contributed by atoms with Gasteiger partial charge in [-0.15, -0.1) is 0 Å². The molecule has 2 aliphatic carbocycles. The van der Waals surface area contributed by atoms with Gasteiger partial charge in [-0.05, 0) is 37.0 Å². The number of anilines is 1. The second-order valence-electron chi connectivity index (χ2n) is 5.24. The molecular formula is C13H16N4. The Morgan fingerprint density at radius 1 is 1.35 bits per heavy atom. The SMILES string of the molecule is N#Cc1cnc(NCC2(C3CC3)CCC2)cn1. The molecule has 4 nitrogen and oxygen atoms in total. The largest absolute Gasteiger partial charge is 0.368 e. The summed E-state index contributed by atoms with van der Waals surface area (Å²) in [5.41, 5.74) is 0.909. The number of aromatic nitrogens is 2. The number of hydrogen-bond donors (Lipinski definition) is 1. The van der Waals surface area contributed by atoms with Gasteiger partial charge in [0, 0.05) is 6.54 Å². The lowest BCUT2D eigenvalue weighted by atomic mass is 9.65. The Kier molecular flexibility index (Phi) is 2.47. The number of hydrogen-bond acceptors (Lipinski definition) is 4. The normalized spacial score (nSPS) is 21.4. The first-order valence-electron chi connectivity index (χ1n) is 6.28. The quantitative estimate of drug-likeness (QED) is 0.859. The third kappa shape index (κ3) is 1.97. The Morgan fingerprint density at radius 3 is 2.65 bits per heavy atom. The molecule has 2 saturated carbocycles. The van der Waals surface area contributed by atoms with Gasteiger partial charge < -0.3 is 5.32 Å². The molecule has 1 heterocycles. The molecule has 0 bridgehead atoms. The Bertz CT molecular complexity index is 437. The summed E-state index contributed by atoms with van der Waals surface area (Å²) in [5.74, 6) is 1.73. The van der Waals surface area contributed by atoms with Crippen LogP contribution in [0.4, 0.5) is 5.82 Å². The van der Waals surface area contributed by atoms with Crippen molar-refractivity contribution >= 4 is 5.82 Å². The average molecular weight is 228 g/mol. The summed E-state index contributed by atoms with van der Waals surface area (Å²) in [6, 6.07) is 1.98. The van der Waals surface area contributed by atoms with Gasteiger partial charge in [-0.1, -0.05) is 6.42 Å². The first-order chi connectivity index (χ1) is 8.32. The summed E-state index contributed by atoms with van der Waals surface area (Å²) in [6.07, 6.45) is 10.1. The van der Waals surface area contributed by atoms with Crippen LogP contribution in [-0.4, -0.2) is 16.5 Å². The molecule has 0 unspecified atom stereocenters. The maximum absolute atomic E-state index is 8.64. The molecule has 88 valence electrons. The molecule has 1 N–H and O–H groups in total. The van der Waals surface area contributed by atoms with Crippen LogP contribution in [0.25, 0.3) is 0 Å². The van der Waals surface area contributed by atoms with Gasteiger partial charge in [0.1, 0.15) is 11.9 Å². The van der Waals surface area contributed by atoms with Crippen molar-refractivity contribution in [3.63, 3.8) is 0 Å². The van der Waals surface area contributed by atoms with E-state index in [-0.39, 0.29) is 0 Å². The van der Waals surface area contributed by atoms with E-state index in [2.05, 4.69) is 15.3 Å². The van der Waals surface area contributed by atoms with E-state index < -0.39 is 0 Å². The molecule has 4 heteroatoms. The van der Waals surface area contributed by atoms with Crippen LogP contribution in [0.15, 0.2) is 12.4 Å². The maximum Gasteiger partial charge on any atom is 0.158 e. The summed E-state index contributed by atoms with van der Waals surface area (Å²) < 4.78 is 0. The lowest BCUT2D eigenvalue weighted by Crippen LogP contribution is -2.38. The predicted molar refractivity (Wildman–Crippen MR) is 64.2 cm³/mol. The topological polar surface area (TPSA) is 61.6 Å². The number of nitrogens with zero attached hydrogens (tertiary/aromatic N) is 3. The van der Waals surface area contributed by atoms with E-state index in [0.29, 0.717) is 11.1 Å². The van der Waals surface area contributed by atoms with E-state index in [4.69, 9.17) is 5.26 Å². The fourth-order valence-electron chi connectivity index (χ4n) is 2.80. The summed E-state index contributed by atoms with van der Waals surface area (Å²) in [7, 11) is 0.